The fourth-order valence-corrected chi connectivity index (χ4v) is 4.00. The lowest BCUT2D eigenvalue weighted by molar-refractivity contribution is -0.115. The second-order valence-corrected chi connectivity index (χ2v) is 8.80. The van der Waals surface area contributed by atoms with Crippen molar-refractivity contribution in [3.05, 3.63) is 58.6 Å². The molecule has 1 atom stereocenters. The Balaban J connectivity index is 1.56. The molecule has 3 aromatic rings. The molecule has 0 radical (unpaired) electrons. The largest absolute Gasteiger partial charge is 0.323 e. The SMILES string of the molecule is CC(Sc1nc(C2CC2)nc2ccccc12)C(=O)Nc1ccc(Br)cc1F. The summed E-state index contributed by atoms with van der Waals surface area (Å²) in [5, 5.41) is 3.95. The minimum Gasteiger partial charge on any atom is -0.323 e. The van der Waals surface area contributed by atoms with E-state index in [-0.39, 0.29) is 11.6 Å². The van der Waals surface area contributed by atoms with Crippen molar-refractivity contribution in [2.75, 3.05) is 5.32 Å². The van der Waals surface area contributed by atoms with E-state index >= 15 is 0 Å². The number of thioether (sulfide) groups is 1. The van der Waals surface area contributed by atoms with Crippen molar-refractivity contribution in [2.24, 2.45) is 0 Å². The van der Waals surface area contributed by atoms with Gasteiger partial charge in [0.15, 0.2) is 0 Å². The smallest absolute Gasteiger partial charge is 0.237 e. The van der Waals surface area contributed by atoms with Crippen LogP contribution in [0.2, 0.25) is 0 Å². The Morgan fingerprint density at radius 3 is 2.78 bits per heavy atom. The van der Waals surface area contributed by atoms with Gasteiger partial charge in [-0.05, 0) is 44.0 Å². The summed E-state index contributed by atoms with van der Waals surface area (Å²) in [5.41, 5.74) is 1.06. The van der Waals surface area contributed by atoms with E-state index in [4.69, 9.17) is 4.98 Å². The third-order valence-corrected chi connectivity index (χ3v) is 5.97. The molecule has 4 nitrogen and oxygen atoms in total. The molecule has 7 heteroatoms. The van der Waals surface area contributed by atoms with Crippen molar-refractivity contribution in [2.45, 2.75) is 36.0 Å². The van der Waals surface area contributed by atoms with Crippen LogP contribution in [0.1, 0.15) is 31.5 Å². The highest BCUT2D eigenvalue weighted by molar-refractivity contribution is 9.10. The first-order valence-corrected chi connectivity index (χ1v) is 10.4. The molecule has 1 saturated carbocycles. The van der Waals surface area contributed by atoms with E-state index in [1.807, 2.05) is 24.3 Å². The number of halogens is 2. The highest BCUT2D eigenvalue weighted by Gasteiger charge is 2.28. The van der Waals surface area contributed by atoms with E-state index < -0.39 is 11.1 Å². The normalized spacial score (nSPS) is 14.9. The first-order valence-electron chi connectivity index (χ1n) is 8.70. The molecule has 1 N–H and O–H groups in total. The third kappa shape index (κ3) is 4.14. The summed E-state index contributed by atoms with van der Waals surface area (Å²) >= 11 is 4.59. The number of anilines is 1. The fraction of sp³-hybridized carbons (Fsp3) is 0.250. The predicted octanol–water partition coefficient (Wildman–Crippen LogP) is 5.53. The maximum absolute atomic E-state index is 14.0. The number of nitrogens with one attached hydrogen (secondary N) is 1. The first kappa shape index (κ1) is 18.4. The van der Waals surface area contributed by atoms with Gasteiger partial charge in [-0.2, -0.15) is 0 Å². The van der Waals surface area contributed by atoms with Gasteiger partial charge in [-0.15, -0.1) is 0 Å². The molecule has 1 aliphatic carbocycles. The lowest BCUT2D eigenvalue weighted by atomic mass is 10.2. The minimum absolute atomic E-state index is 0.168. The summed E-state index contributed by atoms with van der Waals surface area (Å²) in [6, 6.07) is 12.4. The first-order chi connectivity index (χ1) is 13.0. The maximum atomic E-state index is 14.0. The molecule has 0 spiro atoms. The van der Waals surface area contributed by atoms with Crippen LogP contribution in [0.15, 0.2) is 52.0 Å². The molecule has 4 rings (SSSR count). The molecule has 27 heavy (non-hydrogen) atoms. The average molecular weight is 446 g/mol. The summed E-state index contributed by atoms with van der Waals surface area (Å²) in [5.74, 6) is 0.535. The molecule has 0 bridgehead atoms. The van der Waals surface area contributed by atoms with Crippen LogP contribution in [0.25, 0.3) is 10.9 Å². The lowest BCUT2D eigenvalue weighted by Crippen LogP contribution is -2.23. The number of benzene rings is 2. The Morgan fingerprint density at radius 1 is 1.26 bits per heavy atom. The Kier molecular flexibility index (Phi) is 5.14. The van der Waals surface area contributed by atoms with Gasteiger partial charge in [0.1, 0.15) is 16.7 Å². The van der Waals surface area contributed by atoms with Crippen LogP contribution in [-0.4, -0.2) is 21.1 Å². The number of carbonyl (C=O) groups is 1. The standard InChI is InChI=1S/C20H17BrFN3OS/c1-11(19(26)24-17-9-8-13(21)10-15(17)22)27-20-14-4-2-3-5-16(14)23-18(25-20)12-6-7-12/h2-5,8-12H,6-7H2,1H3,(H,24,26). The molecular formula is C20H17BrFN3OS. The van der Waals surface area contributed by atoms with Gasteiger partial charge >= 0.3 is 0 Å². The molecule has 2 aromatic carbocycles. The number of fused-ring (bicyclic) bond motifs is 1. The Hall–Kier alpha value is -1.99. The second-order valence-electron chi connectivity index (χ2n) is 6.55. The van der Waals surface area contributed by atoms with Crippen molar-refractivity contribution in [1.29, 1.82) is 0 Å². The van der Waals surface area contributed by atoms with E-state index in [1.54, 1.807) is 19.1 Å². The number of rotatable bonds is 5. The Bertz CT molecular complexity index is 1030. The van der Waals surface area contributed by atoms with Crippen molar-refractivity contribution in [3.63, 3.8) is 0 Å². The molecule has 1 fully saturated rings. The highest BCUT2D eigenvalue weighted by atomic mass is 79.9. The zero-order valence-electron chi connectivity index (χ0n) is 14.6. The van der Waals surface area contributed by atoms with E-state index in [9.17, 15) is 9.18 Å². The molecule has 1 aromatic heterocycles. The number of amides is 1. The third-order valence-electron chi connectivity index (χ3n) is 4.37. The van der Waals surface area contributed by atoms with Crippen LogP contribution in [0.4, 0.5) is 10.1 Å². The lowest BCUT2D eigenvalue weighted by Gasteiger charge is -2.14. The number of nitrogens with zero attached hydrogens (tertiary/aromatic N) is 2. The predicted molar refractivity (Wildman–Crippen MR) is 110 cm³/mol. The van der Waals surface area contributed by atoms with Crippen LogP contribution in [0.5, 0.6) is 0 Å². The molecular weight excluding hydrogens is 429 g/mol. The molecule has 1 amide bonds. The quantitative estimate of drug-likeness (QED) is 0.414. The summed E-state index contributed by atoms with van der Waals surface area (Å²) < 4.78 is 14.6. The maximum Gasteiger partial charge on any atom is 0.237 e. The monoisotopic (exact) mass is 445 g/mol. The highest BCUT2D eigenvalue weighted by Crippen LogP contribution is 2.40. The minimum atomic E-state index is -0.474. The molecule has 1 unspecified atom stereocenters. The summed E-state index contributed by atoms with van der Waals surface area (Å²) in [7, 11) is 0. The van der Waals surface area contributed by atoms with Gasteiger partial charge < -0.3 is 5.32 Å². The van der Waals surface area contributed by atoms with Gasteiger partial charge in [0, 0.05) is 15.8 Å². The zero-order chi connectivity index (χ0) is 19.0. The van der Waals surface area contributed by atoms with Gasteiger partial charge in [0.2, 0.25) is 5.91 Å². The Labute approximate surface area is 169 Å². The average Bonchev–Trinajstić information content (AvgIpc) is 3.49. The van der Waals surface area contributed by atoms with E-state index in [0.29, 0.717) is 10.4 Å². The van der Waals surface area contributed by atoms with Crippen LogP contribution in [0, 0.1) is 5.82 Å². The number of aromatic nitrogens is 2. The van der Waals surface area contributed by atoms with E-state index in [0.717, 1.165) is 34.6 Å². The van der Waals surface area contributed by atoms with Gasteiger partial charge in [-0.1, -0.05) is 45.9 Å². The number of hydrogen-bond donors (Lipinski definition) is 1. The van der Waals surface area contributed by atoms with Crippen molar-refractivity contribution < 1.29 is 9.18 Å². The van der Waals surface area contributed by atoms with Crippen LogP contribution >= 0.6 is 27.7 Å². The van der Waals surface area contributed by atoms with Crippen molar-refractivity contribution in [3.8, 4) is 0 Å². The van der Waals surface area contributed by atoms with Crippen molar-refractivity contribution in [1.82, 2.24) is 9.97 Å². The number of hydrogen-bond acceptors (Lipinski definition) is 4. The van der Waals surface area contributed by atoms with E-state index in [1.165, 1.54) is 17.8 Å². The summed E-state index contributed by atoms with van der Waals surface area (Å²) in [4.78, 5) is 21.9. The number of carbonyl (C=O) groups excluding carboxylic acids is 1. The fourth-order valence-electron chi connectivity index (χ4n) is 2.72. The second kappa shape index (κ2) is 7.56. The zero-order valence-corrected chi connectivity index (χ0v) is 17.0. The van der Waals surface area contributed by atoms with Crippen LogP contribution in [0.3, 0.4) is 0 Å². The van der Waals surface area contributed by atoms with E-state index in [2.05, 4.69) is 26.2 Å². The van der Waals surface area contributed by atoms with Crippen molar-refractivity contribution >= 4 is 50.2 Å². The summed E-state index contributed by atoms with van der Waals surface area (Å²) in [6.45, 7) is 1.80. The molecule has 138 valence electrons. The molecule has 1 aliphatic rings. The van der Waals surface area contributed by atoms with Gasteiger partial charge in [0.25, 0.3) is 0 Å². The summed E-state index contributed by atoms with van der Waals surface area (Å²) in [6.07, 6.45) is 2.22. The Morgan fingerprint density at radius 2 is 2.04 bits per heavy atom. The topological polar surface area (TPSA) is 54.9 Å². The van der Waals surface area contributed by atoms with Gasteiger partial charge in [-0.25, -0.2) is 14.4 Å². The molecule has 0 saturated heterocycles. The number of para-hydroxylation sites is 1. The van der Waals surface area contributed by atoms with Crippen LogP contribution < -0.4 is 5.32 Å². The molecule has 0 aliphatic heterocycles. The van der Waals surface area contributed by atoms with Gasteiger partial charge in [0.05, 0.1) is 16.5 Å². The van der Waals surface area contributed by atoms with Crippen LogP contribution in [-0.2, 0) is 4.79 Å². The molecule has 1 heterocycles. The van der Waals surface area contributed by atoms with Gasteiger partial charge in [-0.3, -0.25) is 4.79 Å².